The van der Waals surface area contributed by atoms with E-state index in [1.54, 1.807) is 13.0 Å². The maximum atomic E-state index is 14.2. The Bertz CT molecular complexity index is 1290. The van der Waals surface area contributed by atoms with Gasteiger partial charge in [0.1, 0.15) is 12.4 Å². The number of amides is 2. The molecule has 7 nitrogen and oxygen atoms in total. The number of nitrogens with one attached hydrogen (secondary N) is 2. The van der Waals surface area contributed by atoms with Gasteiger partial charge in [0.05, 0.1) is 12.5 Å². The van der Waals surface area contributed by atoms with Crippen molar-refractivity contribution in [2.45, 2.75) is 65.0 Å². The molecule has 0 saturated carbocycles. The number of nitrogens with zero attached hydrogens (tertiary/aromatic N) is 1. The molecule has 8 heteroatoms. The van der Waals surface area contributed by atoms with Gasteiger partial charge < -0.3 is 19.9 Å². The van der Waals surface area contributed by atoms with Crippen molar-refractivity contribution in [1.29, 1.82) is 0 Å². The van der Waals surface area contributed by atoms with Crippen molar-refractivity contribution < 1.29 is 23.5 Å². The van der Waals surface area contributed by atoms with Gasteiger partial charge in [-0.05, 0) is 68.4 Å². The number of fused-ring (bicyclic) bond motifs is 3. The monoisotopic (exact) mass is 521 g/mol. The Labute approximate surface area is 222 Å². The summed E-state index contributed by atoms with van der Waals surface area (Å²) in [4.78, 5) is 38.3. The lowest BCUT2D eigenvalue weighted by molar-refractivity contribution is -0.143. The first kappa shape index (κ1) is 27.4. The fourth-order valence-electron chi connectivity index (χ4n) is 5.30. The lowest BCUT2D eigenvalue weighted by Gasteiger charge is -2.27. The van der Waals surface area contributed by atoms with Crippen LogP contribution in [0.4, 0.5) is 4.39 Å². The molecule has 2 atom stereocenters. The van der Waals surface area contributed by atoms with Crippen LogP contribution in [0.25, 0.3) is 10.9 Å². The summed E-state index contributed by atoms with van der Waals surface area (Å²) in [6, 6.07) is 14.1. The Morgan fingerprint density at radius 1 is 1.13 bits per heavy atom. The van der Waals surface area contributed by atoms with Crippen LogP contribution in [0.15, 0.2) is 48.5 Å². The molecular weight excluding hydrogens is 485 g/mol. The SMILES string of the molecule is CCCNC(=O)CC(Cc1ccccc1)C(=O)N[C@H]1CCc2c(c3cc(F)ccc3n2CC(=O)OCC)C1. The number of ether oxygens (including phenoxy) is 1. The van der Waals surface area contributed by atoms with Gasteiger partial charge in [-0.3, -0.25) is 14.4 Å². The highest BCUT2D eigenvalue weighted by atomic mass is 19.1. The van der Waals surface area contributed by atoms with Crippen LogP contribution in [0.5, 0.6) is 0 Å². The predicted molar refractivity (Wildman–Crippen MR) is 144 cm³/mol. The van der Waals surface area contributed by atoms with Gasteiger partial charge in [0.2, 0.25) is 11.8 Å². The molecule has 0 radical (unpaired) electrons. The van der Waals surface area contributed by atoms with E-state index in [0.717, 1.165) is 34.1 Å². The lowest BCUT2D eigenvalue weighted by atomic mass is 9.89. The normalized spacial score (nSPS) is 15.5. The van der Waals surface area contributed by atoms with Crippen molar-refractivity contribution >= 4 is 28.7 Å². The second-order valence-corrected chi connectivity index (χ2v) is 9.87. The van der Waals surface area contributed by atoms with E-state index in [9.17, 15) is 18.8 Å². The minimum Gasteiger partial charge on any atom is -0.465 e. The van der Waals surface area contributed by atoms with Crippen LogP contribution in [0.3, 0.4) is 0 Å². The molecule has 2 aromatic carbocycles. The van der Waals surface area contributed by atoms with Crippen molar-refractivity contribution in [1.82, 2.24) is 15.2 Å². The van der Waals surface area contributed by atoms with E-state index >= 15 is 0 Å². The number of carbonyl (C=O) groups is 3. The molecule has 4 rings (SSSR count). The second kappa shape index (κ2) is 12.7. The van der Waals surface area contributed by atoms with Crippen molar-refractivity contribution in [3.8, 4) is 0 Å². The highest BCUT2D eigenvalue weighted by molar-refractivity contribution is 5.88. The molecule has 2 N–H and O–H groups in total. The first-order chi connectivity index (χ1) is 18.4. The minimum atomic E-state index is -0.502. The van der Waals surface area contributed by atoms with Gasteiger partial charge in [-0.2, -0.15) is 0 Å². The number of hydrogen-bond donors (Lipinski definition) is 2. The fraction of sp³-hybridized carbons (Fsp3) is 0.433. The summed E-state index contributed by atoms with van der Waals surface area (Å²) < 4.78 is 21.3. The highest BCUT2D eigenvalue weighted by Crippen LogP contribution is 2.33. The van der Waals surface area contributed by atoms with Gasteiger partial charge in [-0.15, -0.1) is 0 Å². The van der Waals surface area contributed by atoms with Gasteiger partial charge in [0.15, 0.2) is 0 Å². The molecule has 1 aliphatic rings. The Hall–Kier alpha value is -3.68. The standard InChI is InChI=1S/C30H36FN3O4/c1-3-14-32-28(35)16-21(15-20-8-6-5-7-9-20)30(37)33-23-11-13-27-25(18-23)24-17-22(31)10-12-26(24)34(27)19-29(36)38-4-2/h5-10,12,17,21,23H,3-4,11,13-16,18-19H2,1-2H3,(H,32,35)(H,33,37)/t21?,23-/m0/s1. The van der Waals surface area contributed by atoms with E-state index in [4.69, 9.17) is 4.74 Å². The second-order valence-electron chi connectivity index (χ2n) is 9.87. The summed E-state index contributed by atoms with van der Waals surface area (Å²) in [5.41, 5.74) is 3.70. The topological polar surface area (TPSA) is 89.4 Å². The van der Waals surface area contributed by atoms with E-state index in [-0.39, 0.29) is 42.6 Å². The molecule has 0 aliphatic heterocycles. The number of esters is 1. The molecule has 0 saturated heterocycles. The van der Waals surface area contributed by atoms with Crippen LogP contribution in [0.1, 0.15) is 49.9 Å². The molecular formula is C30H36FN3O4. The Balaban J connectivity index is 1.53. The number of aromatic nitrogens is 1. The lowest BCUT2D eigenvalue weighted by Crippen LogP contribution is -2.44. The number of carbonyl (C=O) groups excluding carboxylic acids is 3. The van der Waals surface area contributed by atoms with Crippen molar-refractivity contribution in [2.24, 2.45) is 5.92 Å². The van der Waals surface area contributed by atoms with Crippen molar-refractivity contribution in [3.63, 3.8) is 0 Å². The smallest absolute Gasteiger partial charge is 0.325 e. The minimum absolute atomic E-state index is 0.0638. The molecule has 1 unspecified atom stereocenters. The average molecular weight is 522 g/mol. The van der Waals surface area contributed by atoms with E-state index in [1.807, 2.05) is 41.8 Å². The average Bonchev–Trinajstić information content (AvgIpc) is 3.19. The highest BCUT2D eigenvalue weighted by Gasteiger charge is 2.30. The van der Waals surface area contributed by atoms with Crippen molar-refractivity contribution in [2.75, 3.05) is 13.2 Å². The zero-order chi connectivity index (χ0) is 27.1. The third kappa shape index (κ3) is 6.60. The van der Waals surface area contributed by atoms with Crippen molar-refractivity contribution in [3.05, 3.63) is 71.2 Å². The van der Waals surface area contributed by atoms with Crippen LogP contribution < -0.4 is 10.6 Å². The van der Waals surface area contributed by atoms with Crippen LogP contribution in [0, 0.1) is 11.7 Å². The Morgan fingerprint density at radius 3 is 2.66 bits per heavy atom. The first-order valence-electron chi connectivity index (χ1n) is 13.5. The van der Waals surface area contributed by atoms with Gasteiger partial charge in [0, 0.05) is 35.6 Å². The maximum Gasteiger partial charge on any atom is 0.325 e. The molecule has 3 aromatic rings. The molecule has 1 heterocycles. The third-order valence-corrected chi connectivity index (χ3v) is 7.07. The van der Waals surface area contributed by atoms with Crippen LogP contribution >= 0.6 is 0 Å². The quantitative estimate of drug-likeness (QED) is 0.372. The Kier molecular flexibility index (Phi) is 9.15. The van der Waals surface area contributed by atoms with Gasteiger partial charge in [-0.1, -0.05) is 37.3 Å². The third-order valence-electron chi connectivity index (χ3n) is 7.07. The summed E-state index contributed by atoms with van der Waals surface area (Å²) in [6.45, 7) is 4.69. The summed E-state index contributed by atoms with van der Waals surface area (Å²) in [5.74, 6) is -1.47. The molecule has 1 aromatic heterocycles. The molecule has 202 valence electrons. The number of hydrogen-bond acceptors (Lipinski definition) is 4. The number of halogens is 1. The van der Waals surface area contributed by atoms with E-state index < -0.39 is 5.92 Å². The van der Waals surface area contributed by atoms with Crippen LogP contribution in [-0.4, -0.2) is 41.5 Å². The van der Waals surface area contributed by atoms with E-state index in [2.05, 4.69) is 10.6 Å². The molecule has 0 spiro atoms. The fourth-order valence-corrected chi connectivity index (χ4v) is 5.30. The molecule has 1 aliphatic carbocycles. The maximum absolute atomic E-state index is 14.2. The number of benzene rings is 2. The zero-order valence-corrected chi connectivity index (χ0v) is 22.1. The molecule has 2 amide bonds. The largest absolute Gasteiger partial charge is 0.465 e. The summed E-state index contributed by atoms with van der Waals surface area (Å²) >= 11 is 0. The summed E-state index contributed by atoms with van der Waals surface area (Å²) in [6.07, 6.45) is 3.25. The zero-order valence-electron chi connectivity index (χ0n) is 22.1. The summed E-state index contributed by atoms with van der Waals surface area (Å²) in [7, 11) is 0. The Morgan fingerprint density at radius 2 is 1.92 bits per heavy atom. The first-order valence-corrected chi connectivity index (χ1v) is 13.5. The summed E-state index contributed by atoms with van der Waals surface area (Å²) in [5, 5.41) is 6.81. The van der Waals surface area contributed by atoms with Gasteiger partial charge >= 0.3 is 5.97 Å². The molecule has 38 heavy (non-hydrogen) atoms. The van der Waals surface area contributed by atoms with Crippen LogP contribution in [-0.2, 0) is 44.9 Å². The van der Waals surface area contributed by atoms with Gasteiger partial charge in [0.25, 0.3) is 0 Å². The van der Waals surface area contributed by atoms with E-state index in [1.165, 1.54) is 12.1 Å². The predicted octanol–water partition coefficient (Wildman–Crippen LogP) is 4.09. The van der Waals surface area contributed by atoms with Gasteiger partial charge in [-0.25, -0.2) is 4.39 Å². The molecule has 0 fully saturated rings. The van der Waals surface area contributed by atoms with Crippen LogP contribution in [0.2, 0.25) is 0 Å². The molecule has 0 bridgehead atoms. The number of rotatable bonds is 11. The van der Waals surface area contributed by atoms with E-state index in [0.29, 0.717) is 38.8 Å².